The van der Waals surface area contributed by atoms with E-state index < -0.39 is 24.1 Å². The zero-order chi connectivity index (χ0) is 24.4. The van der Waals surface area contributed by atoms with Crippen LogP contribution < -0.4 is 16.0 Å². The molecular weight excluding hydrogens is 438 g/mol. The summed E-state index contributed by atoms with van der Waals surface area (Å²) >= 11 is 0. The lowest BCUT2D eigenvalue weighted by Gasteiger charge is -2.18. The topological polar surface area (TPSA) is 123 Å². The van der Waals surface area contributed by atoms with Crippen molar-refractivity contribution in [3.05, 3.63) is 71.8 Å². The molecule has 0 fully saturated rings. The van der Waals surface area contributed by atoms with Gasteiger partial charge in [0.1, 0.15) is 25.5 Å². The van der Waals surface area contributed by atoms with Crippen molar-refractivity contribution < 1.29 is 28.7 Å². The zero-order valence-electron chi connectivity index (χ0n) is 19.0. The third-order valence-electron chi connectivity index (χ3n) is 4.78. The molecule has 0 heterocycles. The second kappa shape index (κ2) is 15.8. The Bertz CT molecular complexity index is 892. The maximum absolute atomic E-state index is 12.4. The van der Waals surface area contributed by atoms with Crippen LogP contribution in [0.2, 0.25) is 0 Å². The van der Waals surface area contributed by atoms with E-state index in [0.717, 1.165) is 11.1 Å². The fraction of sp³-hybridized carbons (Fsp3) is 0.360. The lowest BCUT2D eigenvalue weighted by Crippen LogP contribution is -2.47. The van der Waals surface area contributed by atoms with Gasteiger partial charge in [-0.1, -0.05) is 60.7 Å². The molecule has 0 aliphatic rings. The Kier molecular flexibility index (Phi) is 12.3. The van der Waals surface area contributed by atoms with Crippen LogP contribution in [0.4, 0.5) is 9.59 Å². The van der Waals surface area contributed by atoms with Gasteiger partial charge in [-0.2, -0.15) is 0 Å². The number of aldehydes is 1. The molecule has 3 N–H and O–H groups in total. The highest BCUT2D eigenvalue weighted by Crippen LogP contribution is 2.05. The summed E-state index contributed by atoms with van der Waals surface area (Å²) in [4.78, 5) is 46.9. The van der Waals surface area contributed by atoms with Crippen LogP contribution in [0.3, 0.4) is 0 Å². The molecular formula is C25H31N3O6. The van der Waals surface area contributed by atoms with E-state index in [0.29, 0.717) is 32.1 Å². The van der Waals surface area contributed by atoms with Gasteiger partial charge < -0.3 is 30.2 Å². The van der Waals surface area contributed by atoms with E-state index in [2.05, 4.69) is 16.0 Å². The number of nitrogens with one attached hydrogen (secondary N) is 3. The molecule has 2 rings (SSSR count). The fourth-order valence-corrected chi connectivity index (χ4v) is 2.99. The van der Waals surface area contributed by atoms with Crippen molar-refractivity contribution >= 4 is 24.4 Å². The summed E-state index contributed by atoms with van der Waals surface area (Å²) in [5, 5.41) is 7.87. The van der Waals surface area contributed by atoms with Crippen molar-refractivity contribution in [1.82, 2.24) is 16.0 Å². The maximum Gasteiger partial charge on any atom is 0.408 e. The summed E-state index contributed by atoms with van der Waals surface area (Å²) in [7, 11) is 0. The van der Waals surface area contributed by atoms with Crippen molar-refractivity contribution in [2.45, 2.75) is 44.9 Å². The van der Waals surface area contributed by atoms with E-state index in [-0.39, 0.29) is 26.2 Å². The first-order valence-corrected chi connectivity index (χ1v) is 11.2. The minimum atomic E-state index is -0.819. The normalized spacial score (nSPS) is 11.1. The van der Waals surface area contributed by atoms with Gasteiger partial charge in [0.2, 0.25) is 5.91 Å². The Morgan fingerprint density at radius 1 is 0.765 bits per heavy atom. The van der Waals surface area contributed by atoms with Gasteiger partial charge in [0, 0.05) is 19.5 Å². The molecule has 0 saturated carbocycles. The van der Waals surface area contributed by atoms with Gasteiger partial charge in [-0.25, -0.2) is 9.59 Å². The van der Waals surface area contributed by atoms with Gasteiger partial charge in [0.05, 0.1) is 0 Å². The number of carbonyl (C=O) groups excluding carboxylic acids is 4. The van der Waals surface area contributed by atoms with Crippen LogP contribution in [0, 0.1) is 0 Å². The van der Waals surface area contributed by atoms with E-state index in [4.69, 9.17) is 9.47 Å². The number of amides is 3. The van der Waals surface area contributed by atoms with Crippen molar-refractivity contribution in [1.29, 1.82) is 0 Å². The first-order chi connectivity index (χ1) is 16.6. The molecule has 34 heavy (non-hydrogen) atoms. The smallest absolute Gasteiger partial charge is 0.408 e. The molecule has 0 radical (unpaired) electrons. The van der Waals surface area contributed by atoms with E-state index >= 15 is 0 Å². The molecule has 0 saturated heterocycles. The molecule has 0 aliphatic carbocycles. The van der Waals surface area contributed by atoms with E-state index in [9.17, 15) is 19.2 Å². The number of alkyl carbamates (subject to hydrolysis) is 2. The molecule has 3 amide bonds. The number of unbranched alkanes of at least 4 members (excludes halogenated alkanes) is 1. The average molecular weight is 470 g/mol. The van der Waals surface area contributed by atoms with Crippen LogP contribution in [-0.4, -0.2) is 43.5 Å². The predicted octanol–water partition coefficient (Wildman–Crippen LogP) is 3.08. The summed E-state index contributed by atoms with van der Waals surface area (Å²) in [5.41, 5.74) is 1.72. The number of rotatable bonds is 14. The molecule has 0 aliphatic heterocycles. The van der Waals surface area contributed by atoms with Crippen LogP contribution in [0.25, 0.3) is 0 Å². The first-order valence-electron chi connectivity index (χ1n) is 11.2. The van der Waals surface area contributed by atoms with Crippen molar-refractivity contribution in [3.8, 4) is 0 Å². The van der Waals surface area contributed by atoms with Gasteiger partial charge in [0.25, 0.3) is 0 Å². The SMILES string of the molecule is O=CCCNC(=O)[C@H](CCCCNC(=O)OCc1ccccc1)NC(=O)OCc1ccccc1. The van der Waals surface area contributed by atoms with Gasteiger partial charge in [-0.05, 0) is 30.4 Å². The van der Waals surface area contributed by atoms with Gasteiger partial charge in [-0.3, -0.25) is 4.79 Å². The Morgan fingerprint density at radius 3 is 1.94 bits per heavy atom. The number of hydrogen-bond donors (Lipinski definition) is 3. The Labute approximate surface area is 199 Å². The molecule has 2 aromatic carbocycles. The molecule has 1 atom stereocenters. The van der Waals surface area contributed by atoms with Crippen LogP contribution in [-0.2, 0) is 32.3 Å². The Balaban J connectivity index is 1.71. The number of hydrogen-bond acceptors (Lipinski definition) is 6. The molecule has 2 aromatic rings. The van der Waals surface area contributed by atoms with Crippen LogP contribution in [0.5, 0.6) is 0 Å². The second-order valence-electron chi connectivity index (χ2n) is 7.49. The average Bonchev–Trinajstić information content (AvgIpc) is 2.86. The molecule has 0 bridgehead atoms. The lowest BCUT2D eigenvalue weighted by atomic mass is 10.1. The van der Waals surface area contributed by atoms with Crippen LogP contribution in [0.1, 0.15) is 36.8 Å². The molecule has 9 heteroatoms. The van der Waals surface area contributed by atoms with Crippen LogP contribution in [0.15, 0.2) is 60.7 Å². The quantitative estimate of drug-likeness (QED) is 0.289. The van der Waals surface area contributed by atoms with E-state index in [1.54, 1.807) is 0 Å². The largest absolute Gasteiger partial charge is 0.445 e. The molecule has 182 valence electrons. The lowest BCUT2D eigenvalue weighted by molar-refractivity contribution is -0.123. The van der Waals surface area contributed by atoms with E-state index in [1.165, 1.54) is 0 Å². The highest BCUT2D eigenvalue weighted by molar-refractivity contribution is 5.85. The van der Waals surface area contributed by atoms with Gasteiger partial charge in [0.15, 0.2) is 0 Å². The fourth-order valence-electron chi connectivity index (χ4n) is 2.99. The highest BCUT2D eigenvalue weighted by Gasteiger charge is 2.21. The number of benzene rings is 2. The molecule has 0 spiro atoms. The monoisotopic (exact) mass is 469 g/mol. The second-order valence-corrected chi connectivity index (χ2v) is 7.49. The van der Waals surface area contributed by atoms with Gasteiger partial charge >= 0.3 is 12.2 Å². The third-order valence-corrected chi connectivity index (χ3v) is 4.78. The summed E-state index contributed by atoms with van der Waals surface area (Å²) in [6.07, 6.45) is 1.15. The van der Waals surface area contributed by atoms with Crippen molar-refractivity contribution in [2.75, 3.05) is 13.1 Å². The van der Waals surface area contributed by atoms with Crippen molar-refractivity contribution in [2.24, 2.45) is 0 Å². The minimum absolute atomic E-state index is 0.0845. The molecule has 9 nitrogen and oxygen atoms in total. The summed E-state index contributed by atoms with van der Waals surface area (Å²) in [6.45, 7) is 0.825. The first kappa shape index (κ1) is 26.4. The Hall–Kier alpha value is -3.88. The highest BCUT2D eigenvalue weighted by atomic mass is 16.6. The summed E-state index contributed by atoms with van der Waals surface area (Å²) < 4.78 is 10.3. The third kappa shape index (κ3) is 11.1. The molecule has 0 unspecified atom stereocenters. The summed E-state index contributed by atoms with van der Waals surface area (Å²) in [5.74, 6) is -0.395. The zero-order valence-corrected chi connectivity index (χ0v) is 19.0. The molecule has 0 aromatic heterocycles. The van der Waals surface area contributed by atoms with Crippen LogP contribution >= 0.6 is 0 Å². The van der Waals surface area contributed by atoms with Gasteiger partial charge in [-0.15, -0.1) is 0 Å². The predicted molar refractivity (Wildman–Crippen MR) is 126 cm³/mol. The minimum Gasteiger partial charge on any atom is -0.445 e. The van der Waals surface area contributed by atoms with Crippen molar-refractivity contribution in [3.63, 3.8) is 0 Å². The Morgan fingerprint density at radius 2 is 1.35 bits per heavy atom. The standard InChI is InChI=1S/C25H31N3O6/c29-17-9-16-26-23(30)22(28-25(32)34-19-21-12-5-2-6-13-21)14-7-8-15-27-24(31)33-18-20-10-3-1-4-11-20/h1-6,10-13,17,22H,7-9,14-16,18-19H2,(H,26,30)(H,27,31)(H,28,32)/t22-/m0/s1. The number of ether oxygens (including phenoxy) is 2. The summed E-state index contributed by atoms with van der Waals surface area (Å²) in [6, 6.07) is 17.7. The van der Waals surface area contributed by atoms with E-state index in [1.807, 2.05) is 60.7 Å². The maximum atomic E-state index is 12.4. The number of carbonyl (C=O) groups is 4.